The van der Waals surface area contributed by atoms with Crippen LogP contribution in [0.1, 0.15) is 17.0 Å². The first-order chi connectivity index (χ1) is 5.77. The van der Waals surface area contributed by atoms with Crippen molar-refractivity contribution < 1.29 is 4.74 Å². The second kappa shape index (κ2) is 2.71. The van der Waals surface area contributed by atoms with Crippen LogP contribution in [0.4, 0.5) is 0 Å². The Hall–Kier alpha value is -1.16. The van der Waals surface area contributed by atoms with E-state index in [-0.39, 0.29) is 5.69 Å². The van der Waals surface area contributed by atoms with Gasteiger partial charge in [-0.1, -0.05) is 0 Å². The summed E-state index contributed by atoms with van der Waals surface area (Å²) in [6, 6.07) is 0. The SMILES string of the molecule is Cc1[nH]c(=O)nc2c1COCC2. The Balaban J connectivity index is 2.60. The normalized spacial score (nSPS) is 15.8. The average Bonchev–Trinajstić information content (AvgIpc) is 2.04. The minimum absolute atomic E-state index is 0.256. The van der Waals surface area contributed by atoms with Crippen LogP contribution in [0, 0.1) is 6.92 Å². The molecule has 12 heavy (non-hydrogen) atoms. The molecule has 4 nitrogen and oxygen atoms in total. The fourth-order valence-corrected chi connectivity index (χ4v) is 1.41. The molecule has 1 aliphatic rings. The van der Waals surface area contributed by atoms with Crippen LogP contribution < -0.4 is 5.69 Å². The highest BCUT2D eigenvalue weighted by Crippen LogP contribution is 2.14. The van der Waals surface area contributed by atoms with Gasteiger partial charge in [0.25, 0.3) is 0 Å². The van der Waals surface area contributed by atoms with E-state index in [1.54, 1.807) is 0 Å². The van der Waals surface area contributed by atoms with Crippen molar-refractivity contribution >= 4 is 0 Å². The number of H-pyrrole nitrogens is 1. The predicted molar refractivity (Wildman–Crippen MR) is 43.0 cm³/mol. The van der Waals surface area contributed by atoms with E-state index in [2.05, 4.69) is 9.97 Å². The van der Waals surface area contributed by atoms with Crippen molar-refractivity contribution in [2.75, 3.05) is 6.61 Å². The van der Waals surface area contributed by atoms with Crippen molar-refractivity contribution in [2.24, 2.45) is 0 Å². The van der Waals surface area contributed by atoms with Crippen LogP contribution in [0.25, 0.3) is 0 Å². The highest BCUT2D eigenvalue weighted by molar-refractivity contribution is 5.24. The first-order valence-electron chi connectivity index (χ1n) is 3.94. The summed E-state index contributed by atoms with van der Waals surface area (Å²) in [5, 5.41) is 0. The second-order valence-corrected chi connectivity index (χ2v) is 2.89. The summed E-state index contributed by atoms with van der Waals surface area (Å²) in [4.78, 5) is 17.5. The number of aromatic nitrogens is 2. The van der Waals surface area contributed by atoms with E-state index in [9.17, 15) is 4.79 Å². The van der Waals surface area contributed by atoms with Crippen molar-refractivity contribution in [3.63, 3.8) is 0 Å². The van der Waals surface area contributed by atoms with Gasteiger partial charge in [-0.3, -0.25) is 0 Å². The zero-order valence-electron chi connectivity index (χ0n) is 6.89. The Bertz CT molecular complexity index is 357. The highest BCUT2D eigenvalue weighted by Gasteiger charge is 2.13. The Morgan fingerprint density at radius 2 is 2.42 bits per heavy atom. The van der Waals surface area contributed by atoms with Crippen molar-refractivity contribution in [3.05, 3.63) is 27.4 Å². The van der Waals surface area contributed by atoms with Gasteiger partial charge >= 0.3 is 5.69 Å². The molecule has 0 radical (unpaired) electrons. The fraction of sp³-hybridized carbons (Fsp3) is 0.500. The molecule has 64 valence electrons. The summed E-state index contributed by atoms with van der Waals surface area (Å²) in [5.74, 6) is 0. The maximum atomic E-state index is 11.0. The van der Waals surface area contributed by atoms with Gasteiger partial charge in [0.05, 0.1) is 18.9 Å². The first kappa shape index (κ1) is 7.49. The van der Waals surface area contributed by atoms with E-state index in [1.807, 2.05) is 6.92 Å². The monoisotopic (exact) mass is 166 g/mol. The number of fused-ring (bicyclic) bond motifs is 1. The summed E-state index contributed by atoms with van der Waals surface area (Å²) < 4.78 is 5.25. The van der Waals surface area contributed by atoms with Crippen LogP contribution in [-0.2, 0) is 17.8 Å². The lowest BCUT2D eigenvalue weighted by atomic mass is 10.1. The standard InChI is InChI=1S/C8H10N2O2/c1-5-6-4-12-3-2-7(6)10-8(11)9-5/h2-4H2,1H3,(H,9,10,11). The molecule has 1 aromatic rings. The lowest BCUT2D eigenvalue weighted by Crippen LogP contribution is -2.22. The van der Waals surface area contributed by atoms with Crippen molar-refractivity contribution in [2.45, 2.75) is 20.0 Å². The van der Waals surface area contributed by atoms with Crippen molar-refractivity contribution in [1.29, 1.82) is 0 Å². The van der Waals surface area contributed by atoms with Gasteiger partial charge < -0.3 is 9.72 Å². The quantitative estimate of drug-likeness (QED) is 0.597. The highest BCUT2D eigenvalue weighted by atomic mass is 16.5. The minimum atomic E-state index is -0.256. The zero-order chi connectivity index (χ0) is 8.55. The molecular weight excluding hydrogens is 156 g/mol. The Morgan fingerprint density at radius 3 is 3.25 bits per heavy atom. The van der Waals surface area contributed by atoms with E-state index in [0.29, 0.717) is 13.2 Å². The van der Waals surface area contributed by atoms with Crippen LogP contribution in [0.15, 0.2) is 4.79 Å². The molecule has 0 unspecified atom stereocenters. The van der Waals surface area contributed by atoms with Gasteiger partial charge in [0.2, 0.25) is 0 Å². The van der Waals surface area contributed by atoms with Gasteiger partial charge in [-0.05, 0) is 6.92 Å². The molecule has 0 saturated heterocycles. The number of ether oxygens (including phenoxy) is 1. The van der Waals surface area contributed by atoms with E-state index in [0.717, 1.165) is 23.4 Å². The fourth-order valence-electron chi connectivity index (χ4n) is 1.41. The molecule has 0 aromatic carbocycles. The molecular formula is C8H10N2O2. The number of hydrogen-bond acceptors (Lipinski definition) is 3. The number of aromatic amines is 1. The van der Waals surface area contributed by atoms with Crippen LogP contribution in [-0.4, -0.2) is 16.6 Å². The molecule has 0 spiro atoms. The largest absolute Gasteiger partial charge is 0.376 e. The second-order valence-electron chi connectivity index (χ2n) is 2.89. The molecule has 1 aromatic heterocycles. The summed E-state index contributed by atoms with van der Waals surface area (Å²) in [7, 11) is 0. The number of nitrogens with one attached hydrogen (secondary N) is 1. The van der Waals surface area contributed by atoms with Gasteiger partial charge in [-0.2, -0.15) is 4.98 Å². The van der Waals surface area contributed by atoms with Gasteiger partial charge in [0.15, 0.2) is 0 Å². The molecule has 1 aliphatic heterocycles. The molecule has 1 N–H and O–H groups in total. The Morgan fingerprint density at radius 1 is 1.58 bits per heavy atom. The van der Waals surface area contributed by atoms with Crippen molar-refractivity contribution in [3.8, 4) is 0 Å². The van der Waals surface area contributed by atoms with Gasteiger partial charge in [-0.15, -0.1) is 0 Å². The molecule has 2 rings (SSSR count). The molecule has 0 atom stereocenters. The predicted octanol–water partition coefficient (Wildman–Crippen LogP) is 0.151. The summed E-state index contributed by atoms with van der Waals surface area (Å²) in [6.45, 7) is 3.12. The third-order valence-corrected chi connectivity index (χ3v) is 2.06. The van der Waals surface area contributed by atoms with E-state index in [4.69, 9.17) is 4.74 Å². The van der Waals surface area contributed by atoms with E-state index >= 15 is 0 Å². The van der Waals surface area contributed by atoms with Crippen molar-refractivity contribution in [1.82, 2.24) is 9.97 Å². The molecule has 4 heteroatoms. The molecule has 0 aliphatic carbocycles. The molecule has 0 saturated carbocycles. The Kier molecular flexibility index (Phi) is 1.69. The van der Waals surface area contributed by atoms with Crippen LogP contribution in [0.2, 0.25) is 0 Å². The van der Waals surface area contributed by atoms with Crippen LogP contribution in [0.5, 0.6) is 0 Å². The number of nitrogens with zero attached hydrogens (tertiary/aromatic N) is 1. The van der Waals surface area contributed by atoms with Gasteiger partial charge in [0.1, 0.15) is 0 Å². The maximum absolute atomic E-state index is 11.0. The maximum Gasteiger partial charge on any atom is 0.345 e. The lowest BCUT2D eigenvalue weighted by Gasteiger charge is -2.16. The number of aryl methyl sites for hydroxylation is 1. The Labute approximate surface area is 69.6 Å². The smallest absolute Gasteiger partial charge is 0.345 e. The van der Waals surface area contributed by atoms with E-state index in [1.165, 1.54) is 0 Å². The van der Waals surface area contributed by atoms with Gasteiger partial charge in [-0.25, -0.2) is 4.79 Å². The summed E-state index contributed by atoms with van der Waals surface area (Å²) in [6.07, 6.45) is 0.750. The molecule has 0 bridgehead atoms. The summed E-state index contributed by atoms with van der Waals surface area (Å²) in [5.41, 5.74) is 2.56. The molecule has 0 fully saturated rings. The zero-order valence-corrected chi connectivity index (χ0v) is 6.89. The van der Waals surface area contributed by atoms with Crippen LogP contribution >= 0.6 is 0 Å². The minimum Gasteiger partial charge on any atom is -0.376 e. The van der Waals surface area contributed by atoms with E-state index < -0.39 is 0 Å². The first-order valence-corrected chi connectivity index (χ1v) is 3.94. The number of hydrogen-bond donors (Lipinski definition) is 1. The van der Waals surface area contributed by atoms with Crippen LogP contribution in [0.3, 0.4) is 0 Å². The summed E-state index contributed by atoms with van der Waals surface area (Å²) >= 11 is 0. The number of rotatable bonds is 0. The topological polar surface area (TPSA) is 55.0 Å². The lowest BCUT2D eigenvalue weighted by molar-refractivity contribution is 0.108. The third kappa shape index (κ3) is 1.14. The molecule has 2 heterocycles. The van der Waals surface area contributed by atoms with Gasteiger partial charge in [0, 0.05) is 17.7 Å². The molecule has 0 amide bonds. The third-order valence-electron chi connectivity index (χ3n) is 2.06. The average molecular weight is 166 g/mol.